The Hall–Kier alpha value is -3.62. The van der Waals surface area contributed by atoms with Gasteiger partial charge in [-0.25, -0.2) is 4.98 Å². The molecule has 1 saturated heterocycles. The van der Waals surface area contributed by atoms with Gasteiger partial charge in [0.1, 0.15) is 0 Å². The van der Waals surface area contributed by atoms with Crippen LogP contribution in [0.4, 0.5) is 14.5 Å². The maximum atomic E-state index is 13.2. The van der Waals surface area contributed by atoms with Crippen molar-refractivity contribution in [3.8, 4) is 11.5 Å². The van der Waals surface area contributed by atoms with E-state index in [0.717, 1.165) is 36.2 Å². The minimum Gasteiger partial charge on any atom is -0.486 e. The normalized spacial score (nSPS) is 18.2. The highest BCUT2D eigenvalue weighted by Gasteiger charge is 2.31. The van der Waals surface area contributed by atoms with Gasteiger partial charge >= 0.3 is 6.61 Å². The number of rotatable bonds is 9. The van der Waals surface area contributed by atoms with Gasteiger partial charge in [-0.3, -0.25) is 4.79 Å². The highest BCUT2D eigenvalue weighted by atomic mass is 19.3. The fourth-order valence-electron chi connectivity index (χ4n) is 4.77. The predicted octanol–water partition coefficient (Wildman–Crippen LogP) is 4.45. The SMILES string of the molecule is O=C(Cc1cnc[nH]1)N1CCN(c2ccc(OC(F)F)c(OC3CCC3)c2)C[C@@H]1Cc1ccccc1. The number of carbonyl (C=O) groups excluding carboxylic acids is 1. The monoisotopic (exact) mass is 496 g/mol. The average Bonchev–Trinajstić information content (AvgIpc) is 3.35. The number of benzene rings is 2. The summed E-state index contributed by atoms with van der Waals surface area (Å²) in [5.74, 6) is 0.444. The molecule has 7 nitrogen and oxygen atoms in total. The first-order valence-electron chi connectivity index (χ1n) is 12.4. The highest BCUT2D eigenvalue weighted by molar-refractivity contribution is 5.79. The van der Waals surface area contributed by atoms with Gasteiger partial charge in [0.05, 0.1) is 24.9 Å². The van der Waals surface area contributed by atoms with E-state index in [-0.39, 0.29) is 30.2 Å². The van der Waals surface area contributed by atoms with Crippen molar-refractivity contribution >= 4 is 11.6 Å². The minimum atomic E-state index is -2.92. The second-order valence-electron chi connectivity index (χ2n) is 9.31. The lowest BCUT2D eigenvalue weighted by atomic mass is 9.96. The summed E-state index contributed by atoms with van der Waals surface area (Å²) in [7, 11) is 0. The number of nitrogens with one attached hydrogen (secondary N) is 1. The lowest BCUT2D eigenvalue weighted by molar-refractivity contribution is -0.133. The second kappa shape index (κ2) is 11.0. The minimum absolute atomic E-state index is 0.0306. The Morgan fingerprint density at radius 3 is 2.64 bits per heavy atom. The van der Waals surface area contributed by atoms with Gasteiger partial charge in [-0.1, -0.05) is 30.3 Å². The molecule has 0 bridgehead atoms. The van der Waals surface area contributed by atoms with E-state index >= 15 is 0 Å². The lowest BCUT2D eigenvalue weighted by Gasteiger charge is -2.43. The summed E-state index contributed by atoms with van der Waals surface area (Å²) < 4.78 is 36.7. The Balaban J connectivity index is 1.36. The predicted molar refractivity (Wildman–Crippen MR) is 131 cm³/mol. The number of aromatic nitrogens is 2. The summed E-state index contributed by atoms with van der Waals surface area (Å²) in [6, 6.07) is 15.2. The zero-order valence-corrected chi connectivity index (χ0v) is 20.0. The number of nitrogens with zero attached hydrogens (tertiary/aromatic N) is 3. The number of aromatic amines is 1. The Kier molecular flexibility index (Phi) is 7.34. The molecule has 0 unspecified atom stereocenters. The van der Waals surface area contributed by atoms with Gasteiger partial charge in [0.2, 0.25) is 5.91 Å². The molecule has 1 aromatic heterocycles. The van der Waals surface area contributed by atoms with Gasteiger partial charge in [0, 0.05) is 43.3 Å². The maximum Gasteiger partial charge on any atom is 0.387 e. The fraction of sp³-hybridized carbons (Fsp3) is 0.407. The summed E-state index contributed by atoms with van der Waals surface area (Å²) >= 11 is 0. The zero-order valence-electron chi connectivity index (χ0n) is 20.0. The number of alkyl halides is 2. The van der Waals surface area contributed by atoms with Crippen LogP contribution in [-0.4, -0.2) is 59.2 Å². The highest BCUT2D eigenvalue weighted by Crippen LogP contribution is 2.37. The summed E-state index contributed by atoms with van der Waals surface area (Å²) in [6.07, 6.45) is 7.16. The van der Waals surface area contributed by atoms with Crippen molar-refractivity contribution < 1.29 is 23.0 Å². The van der Waals surface area contributed by atoms with Crippen LogP contribution in [-0.2, 0) is 17.6 Å². The topological polar surface area (TPSA) is 70.7 Å². The van der Waals surface area contributed by atoms with Crippen LogP contribution in [0.15, 0.2) is 61.1 Å². The molecule has 5 rings (SSSR count). The number of halogens is 2. The van der Waals surface area contributed by atoms with Crippen molar-refractivity contribution in [1.82, 2.24) is 14.9 Å². The summed E-state index contributed by atoms with van der Waals surface area (Å²) in [6.45, 7) is -1.13. The molecule has 2 aliphatic rings. The van der Waals surface area contributed by atoms with E-state index in [4.69, 9.17) is 9.47 Å². The van der Waals surface area contributed by atoms with Gasteiger partial charge in [-0.15, -0.1) is 0 Å². The third-order valence-electron chi connectivity index (χ3n) is 6.87. The molecule has 1 N–H and O–H groups in total. The van der Waals surface area contributed by atoms with Crippen molar-refractivity contribution in [2.75, 3.05) is 24.5 Å². The van der Waals surface area contributed by atoms with Crippen LogP contribution in [0.3, 0.4) is 0 Å². The van der Waals surface area contributed by atoms with Crippen molar-refractivity contribution in [3.63, 3.8) is 0 Å². The first-order valence-corrected chi connectivity index (χ1v) is 12.4. The number of imidazole rings is 1. The van der Waals surface area contributed by atoms with Crippen LogP contribution in [0, 0.1) is 0 Å². The largest absolute Gasteiger partial charge is 0.486 e. The molecule has 1 aliphatic carbocycles. The lowest BCUT2D eigenvalue weighted by Crippen LogP contribution is -2.56. The van der Waals surface area contributed by atoms with Crippen LogP contribution in [0.2, 0.25) is 0 Å². The van der Waals surface area contributed by atoms with E-state index in [0.29, 0.717) is 31.8 Å². The van der Waals surface area contributed by atoms with E-state index in [1.165, 1.54) is 0 Å². The molecular weight excluding hydrogens is 466 g/mol. The van der Waals surface area contributed by atoms with Crippen molar-refractivity contribution in [2.24, 2.45) is 0 Å². The molecule has 36 heavy (non-hydrogen) atoms. The smallest absolute Gasteiger partial charge is 0.387 e. The van der Waals surface area contributed by atoms with Crippen LogP contribution in [0.5, 0.6) is 11.5 Å². The standard InChI is InChI=1S/C27H30F2N4O3/c28-27(29)36-24-10-9-21(15-25(24)35-23-7-4-8-23)32-11-12-33(26(34)14-20-16-30-18-31-20)22(17-32)13-19-5-2-1-3-6-19/h1-3,5-6,9-10,15-16,18,22-23,27H,4,7-8,11-14,17H2,(H,30,31)/t22-/m0/s1. The molecule has 1 aliphatic heterocycles. The first kappa shape index (κ1) is 24.1. The Labute approximate surface area is 209 Å². The summed E-state index contributed by atoms with van der Waals surface area (Å²) in [4.78, 5) is 24.4. The Morgan fingerprint density at radius 2 is 1.94 bits per heavy atom. The maximum absolute atomic E-state index is 13.2. The third kappa shape index (κ3) is 5.78. The van der Waals surface area contributed by atoms with Crippen molar-refractivity contribution in [3.05, 3.63) is 72.3 Å². The van der Waals surface area contributed by atoms with Crippen molar-refractivity contribution in [1.29, 1.82) is 0 Å². The quantitative estimate of drug-likeness (QED) is 0.474. The van der Waals surface area contributed by atoms with Gasteiger partial charge in [0.15, 0.2) is 11.5 Å². The molecule has 2 fully saturated rings. The van der Waals surface area contributed by atoms with Crippen LogP contribution >= 0.6 is 0 Å². The molecule has 1 amide bonds. The molecule has 0 spiro atoms. The van der Waals surface area contributed by atoms with Gasteiger partial charge in [-0.05, 0) is 43.4 Å². The van der Waals surface area contributed by atoms with E-state index in [2.05, 4.69) is 27.0 Å². The number of amides is 1. The van der Waals surface area contributed by atoms with Crippen LogP contribution in [0.1, 0.15) is 30.5 Å². The first-order chi connectivity index (χ1) is 17.5. The fourth-order valence-corrected chi connectivity index (χ4v) is 4.77. The molecule has 1 saturated carbocycles. The number of hydrogen-bond acceptors (Lipinski definition) is 5. The number of anilines is 1. The van der Waals surface area contributed by atoms with Gasteiger partial charge in [0.25, 0.3) is 0 Å². The molecule has 2 aromatic carbocycles. The van der Waals surface area contributed by atoms with Crippen LogP contribution < -0.4 is 14.4 Å². The van der Waals surface area contributed by atoms with E-state index in [9.17, 15) is 13.6 Å². The second-order valence-corrected chi connectivity index (χ2v) is 9.31. The molecule has 1 atom stereocenters. The number of hydrogen-bond donors (Lipinski definition) is 1. The van der Waals surface area contributed by atoms with E-state index in [1.54, 1.807) is 30.7 Å². The van der Waals surface area contributed by atoms with Crippen molar-refractivity contribution in [2.45, 2.75) is 50.9 Å². The zero-order chi connectivity index (χ0) is 24.9. The molecular formula is C27H30F2N4O3. The number of carbonyl (C=O) groups is 1. The molecule has 2 heterocycles. The summed E-state index contributed by atoms with van der Waals surface area (Å²) in [5, 5.41) is 0. The molecule has 3 aromatic rings. The van der Waals surface area contributed by atoms with E-state index < -0.39 is 6.61 Å². The summed E-state index contributed by atoms with van der Waals surface area (Å²) in [5.41, 5.74) is 2.80. The number of ether oxygens (including phenoxy) is 2. The third-order valence-corrected chi connectivity index (χ3v) is 6.87. The molecule has 0 radical (unpaired) electrons. The average molecular weight is 497 g/mol. The Morgan fingerprint density at radius 1 is 1.11 bits per heavy atom. The van der Waals surface area contributed by atoms with Gasteiger partial charge < -0.3 is 24.3 Å². The molecule has 190 valence electrons. The van der Waals surface area contributed by atoms with Crippen LogP contribution in [0.25, 0.3) is 0 Å². The molecule has 9 heteroatoms. The number of H-pyrrole nitrogens is 1. The Bertz CT molecular complexity index is 1140. The number of piperazine rings is 1. The van der Waals surface area contributed by atoms with E-state index in [1.807, 2.05) is 23.1 Å². The van der Waals surface area contributed by atoms with Gasteiger partial charge in [-0.2, -0.15) is 8.78 Å².